The number of alkyl halides is 1. The number of aryl methyl sites for hydroxylation is 1. The molecule has 1 aromatic carbocycles. The van der Waals surface area contributed by atoms with Crippen molar-refractivity contribution in [3.05, 3.63) is 35.6 Å². The summed E-state index contributed by atoms with van der Waals surface area (Å²) in [6, 6.07) is 8.03. The molecule has 1 aliphatic carbocycles. The average Bonchev–Trinajstić information content (AvgIpc) is 3.04. The highest BCUT2D eigenvalue weighted by atomic mass is 79.9. The van der Waals surface area contributed by atoms with Gasteiger partial charge in [0.25, 0.3) is 5.91 Å². The topological polar surface area (TPSA) is 42.2 Å². The van der Waals surface area contributed by atoms with Gasteiger partial charge in [0.1, 0.15) is 5.58 Å². The van der Waals surface area contributed by atoms with Gasteiger partial charge in [-0.25, -0.2) is 0 Å². The molecule has 1 aliphatic rings. The smallest absolute Gasteiger partial charge is 0.287 e. The number of rotatable bonds is 3. The van der Waals surface area contributed by atoms with Gasteiger partial charge in [0.2, 0.25) is 0 Å². The van der Waals surface area contributed by atoms with Crippen LogP contribution in [0.2, 0.25) is 0 Å². The molecule has 1 N–H and O–H groups in total. The summed E-state index contributed by atoms with van der Waals surface area (Å²) in [5.41, 5.74) is 1.93. The van der Waals surface area contributed by atoms with Crippen LogP contribution in [-0.2, 0) is 0 Å². The van der Waals surface area contributed by atoms with E-state index >= 15 is 0 Å². The van der Waals surface area contributed by atoms with Crippen molar-refractivity contribution in [2.75, 3.05) is 5.33 Å². The third-order valence-electron chi connectivity index (χ3n) is 4.07. The fraction of sp³-hybridized carbons (Fsp3) is 0.438. The van der Waals surface area contributed by atoms with E-state index in [9.17, 15) is 4.79 Å². The fourth-order valence-corrected chi connectivity index (χ4v) is 3.70. The van der Waals surface area contributed by atoms with E-state index in [-0.39, 0.29) is 11.9 Å². The molecule has 106 valence electrons. The van der Waals surface area contributed by atoms with Gasteiger partial charge in [0.15, 0.2) is 5.76 Å². The van der Waals surface area contributed by atoms with E-state index in [2.05, 4.69) is 21.2 Å². The van der Waals surface area contributed by atoms with Crippen molar-refractivity contribution >= 4 is 32.8 Å². The van der Waals surface area contributed by atoms with E-state index in [0.29, 0.717) is 11.7 Å². The summed E-state index contributed by atoms with van der Waals surface area (Å²) in [5.74, 6) is 0.841. The van der Waals surface area contributed by atoms with Crippen molar-refractivity contribution < 1.29 is 9.21 Å². The van der Waals surface area contributed by atoms with Crippen molar-refractivity contribution in [3.63, 3.8) is 0 Å². The van der Waals surface area contributed by atoms with Crippen LogP contribution in [-0.4, -0.2) is 17.3 Å². The van der Waals surface area contributed by atoms with E-state index in [1.807, 2.05) is 31.2 Å². The van der Waals surface area contributed by atoms with Crippen molar-refractivity contribution in [2.45, 2.75) is 32.2 Å². The van der Waals surface area contributed by atoms with Gasteiger partial charge in [-0.1, -0.05) is 34.0 Å². The molecule has 0 aliphatic heterocycles. The molecule has 3 nitrogen and oxygen atoms in total. The maximum absolute atomic E-state index is 12.3. The van der Waals surface area contributed by atoms with Crippen LogP contribution in [0.3, 0.4) is 0 Å². The molecule has 0 bridgehead atoms. The Bertz CT molecular complexity index is 634. The Morgan fingerprint density at radius 3 is 3.05 bits per heavy atom. The number of benzene rings is 1. The van der Waals surface area contributed by atoms with Crippen LogP contribution in [0.5, 0.6) is 0 Å². The third-order valence-corrected chi connectivity index (χ3v) is 4.90. The minimum Gasteiger partial charge on any atom is -0.451 e. The van der Waals surface area contributed by atoms with Gasteiger partial charge in [-0.2, -0.15) is 0 Å². The highest BCUT2D eigenvalue weighted by Crippen LogP contribution is 2.28. The summed E-state index contributed by atoms with van der Waals surface area (Å²) in [5, 5.41) is 5.04. The summed E-state index contributed by atoms with van der Waals surface area (Å²) >= 11 is 3.52. The second-order valence-corrected chi connectivity index (χ2v) is 6.22. The first-order valence-electron chi connectivity index (χ1n) is 7.04. The lowest BCUT2D eigenvalue weighted by atomic mass is 10.1. The molecule has 1 heterocycles. The average molecular weight is 336 g/mol. The number of halogens is 1. The van der Waals surface area contributed by atoms with Crippen LogP contribution in [0.15, 0.2) is 28.7 Å². The Morgan fingerprint density at radius 1 is 1.40 bits per heavy atom. The van der Waals surface area contributed by atoms with E-state index < -0.39 is 0 Å². The molecule has 0 saturated heterocycles. The maximum atomic E-state index is 12.3. The van der Waals surface area contributed by atoms with Gasteiger partial charge in [0.05, 0.1) is 0 Å². The molecule has 0 spiro atoms. The van der Waals surface area contributed by atoms with E-state index in [1.165, 1.54) is 18.4 Å². The molecule has 3 rings (SSSR count). The molecule has 1 saturated carbocycles. The number of nitrogens with one attached hydrogen (secondary N) is 1. The number of carbonyl (C=O) groups excluding carboxylic acids is 1. The van der Waals surface area contributed by atoms with Crippen LogP contribution in [0.1, 0.15) is 35.4 Å². The van der Waals surface area contributed by atoms with Gasteiger partial charge in [-0.05, 0) is 43.9 Å². The number of hydrogen-bond acceptors (Lipinski definition) is 2. The quantitative estimate of drug-likeness (QED) is 0.860. The zero-order chi connectivity index (χ0) is 14.1. The summed E-state index contributed by atoms with van der Waals surface area (Å²) < 4.78 is 5.64. The van der Waals surface area contributed by atoms with Gasteiger partial charge < -0.3 is 9.73 Å². The molecule has 2 aromatic rings. The summed E-state index contributed by atoms with van der Waals surface area (Å²) in [7, 11) is 0. The molecule has 1 aromatic heterocycles. The lowest BCUT2D eigenvalue weighted by Crippen LogP contribution is -2.37. The van der Waals surface area contributed by atoms with Crippen LogP contribution >= 0.6 is 15.9 Å². The number of carbonyl (C=O) groups is 1. The van der Waals surface area contributed by atoms with Crippen LogP contribution < -0.4 is 5.32 Å². The maximum Gasteiger partial charge on any atom is 0.287 e. The highest BCUT2D eigenvalue weighted by molar-refractivity contribution is 9.09. The van der Waals surface area contributed by atoms with Gasteiger partial charge >= 0.3 is 0 Å². The number of fused-ring (bicyclic) bond motifs is 1. The van der Waals surface area contributed by atoms with Gasteiger partial charge in [-0.15, -0.1) is 0 Å². The Morgan fingerprint density at radius 2 is 2.25 bits per heavy atom. The standard InChI is InChI=1S/C16H18BrNO2/c1-10-5-6-14-12(7-10)8-15(20-14)16(19)18-13-4-2-3-11(13)9-17/h5-8,11,13H,2-4,9H2,1H3,(H,18,19). The zero-order valence-electron chi connectivity index (χ0n) is 11.5. The van der Waals surface area contributed by atoms with Crippen LogP contribution in [0.25, 0.3) is 11.0 Å². The first-order valence-corrected chi connectivity index (χ1v) is 8.16. The van der Waals surface area contributed by atoms with Crippen LogP contribution in [0.4, 0.5) is 0 Å². The highest BCUT2D eigenvalue weighted by Gasteiger charge is 2.28. The number of amides is 1. The SMILES string of the molecule is Cc1ccc2oc(C(=O)NC3CCCC3CBr)cc2c1. The predicted octanol–water partition coefficient (Wildman–Crippen LogP) is 4.03. The Kier molecular flexibility index (Phi) is 3.83. The predicted molar refractivity (Wildman–Crippen MR) is 83.3 cm³/mol. The summed E-state index contributed by atoms with van der Waals surface area (Å²) in [6.45, 7) is 2.03. The molecular weight excluding hydrogens is 318 g/mol. The molecular formula is C16H18BrNO2. The number of furan rings is 1. The summed E-state index contributed by atoms with van der Waals surface area (Å²) in [6.07, 6.45) is 3.41. The lowest BCUT2D eigenvalue weighted by molar-refractivity contribution is 0.0904. The van der Waals surface area contributed by atoms with Crippen molar-refractivity contribution in [2.24, 2.45) is 5.92 Å². The first kappa shape index (κ1) is 13.7. The Hall–Kier alpha value is -1.29. The van der Waals surface area contributed by atoms with E-state index in [4.69, 9.17) is 4.42 Å². The molecule has 1 amide bonds. The third kappa shape index (κ3) is 2.62. The monoisotopic (exact) mass is 335 g/mol. The van der Waals surface area contributed by atoms with Crippen molar-refractivity contribution in [3.8, 4) is 0 Å². The molecule has 0 radical (unpaired) electrons. The Balaban J connectivity index is 1.78. The molecule has 2 atom stereocenters. The Labute approximate surface area is 126 Å². The first-order chi connectivity index (χ1) is 9.67. The van der Waals surface area contributed by atoms with Crippen molar-refractivity contribution in [1.29, 1.82) is 0 Å². The lowest BCUT2D eigenvalue weighted by Gasteiger charge is -2.18. The van der Waals surface area contributed by atoms with Crippen LogP contribution in [0, 0.1) is 12.8 Å². The zero-order valence-corrected chi connectivity index (χ0v) is 13.1. The second-order valence-electron chi connectivity index (χ2n) is 5.58. The van der Waals surface area contributed by atoms with E-state index in [0.717, 1.165) is 22.7 Å². The molecule has 1 fully saturated rings. The fourth-order valence-electron chi connectivity index (χ4n) is 2.93. The largest absolute Gasteiger partial charge is 0.451 e. The van der Waals surface area contributed by atoms with Crippen molar-refractivity contribution in [1.82, 2.24) is 5.32 Å². The minimum absolute atomic E-state index is 0.100. The molecule has 20 heavy (non-hydrogen) atoms. The van der Waals surface area contributed by atoms with Gasteiger partial charge in [0, 0.05) is 16.8 Å². The minimum atomic E-state index is -0.100. The van der Waals surface area contributed by atoms with E-state index in [1.54, 1.807) is 0 Å². The second kappa shape index (κ2) is 5.60. The number of hydrogen-bond donors (Lipinski definition) is 1. The summed E-state index contributed by atoms with van der Waals surface area (Å²) in [4.78, 5) is 12.3. The molecule has 4 heteroatoms. The normalized spacial score (nSPS) is 22.3. The van der Waals surface area contributed by atoms with Gasteiger partial charge in [-0.3, -0.25) is 4.79 Å². The molecule has 2 unspecified atom stereocenters.